The zero-order valence-electron chi connectivity index (χ0n) is 15.4. The van der Waals surface area contributed by atoms with E-state index in [0.29, 0.717) is 5.78 Å². The van der Waals surface area contributed by atoms with Crippen molar-refractivity contribution in [2.24, 2.45) is 0 Å². The van der Waals surface area contributed by atoms with Gasteiger partial charge in [0.05, 0.1) is 0 Å². The monoisotopic (exact) mass is 308 g/mol. The zero-order valence-corrected chi connectivity index (χ0v) is 15.4. The van der Waals surface area contributed by atoms with Crippen LogP contribution in [0.1, 0.15) is 117 Å². The topological polar surface area (TPSA) is 17.1 Å². The number of ketones is 1. The van der Waals surface area contributed by atoms with Gasteiger partial charge in [0, 0.05) is 6.42 Å². The Morgan fingerprint density at radius 2 is 1.05 bits per heavy atom. The first-order valence-corrected chi connectivity index (χ1v) is 9.91. The van der Waals surface area contributed by atoms with Crippen molar-refractivity contribution in [2.45, 2.75) is 117 Å². The quantitative estimate of drug-likeness (QED) is 0.202. The van der Waals surface area contributed by atoms with Gasteiger partial charge in [-0.3, -0.25) is 0 Å². The normalized spacial score (nSPS) is 11.4. The number of rotatable bonds is 17. The van der Waals surface area contributed by atoms with Crippen molar-refractivity contribution in [3.63, 3.8) is 0 Å². The van der Waals surface area contributed by atoms with E-state index in [-0.39, 0.29) is 0 Å². The summed E-state index contributed by atoms with van der Waals surface area (Å²) in [6.07, 6.45) is 25.6. The van der Waals surface area contributed by atoms with E-state index in [4.69, 9.17) is 0 Å². The lowest BCUT2D eigenvalue weighted by Crippen LogP contribution is -1.89. The van der Waals surface area contributed by atoms with Crippen LogP contribution in [0.4, 0.5) is 0 Å². The molecule has 0 atom stereocenters. The first kappa shape index (κ1) is 21.4. The third-order valence-corrected chi connectivity index (χ3v) is 4.29. The molecule has 1 heteroatoms. The molecule has 0 amide bonds. The van der Waals surface area contributed by atoms with E-state index in [0.717, 1.165) is 12.8 Å². The Labute approximate surface area is 140 Å². The predicted molar refractivity (Wildman–Crippen MR) is 99.4 cm³/mol. The van der Waals surface area contributed by atoms with Crippen LogP contribution in [0, 0.1) is 0 Å². The molecule has 1 nitrogen and oxygen atoms in total. The molecule has 0 heterocycles. The van der Waals surface area contributed by atoms with Gasteiger partial charge in [-0.1, -0.05) is 83.3 Å². The van der Waals surface area contributed by atoms with Crippen LogP contribution in [0.5, 0.6) is 0 Å². The Morgan fingerprint density at radius 1 is 0.636 bits per heavy atom. The number of hydrogen-bond acceptors (Lipinski definition) is 1. The number of carbonyl (C=O) groups excluding carboxylic acids is 1. The Kier molecular flexibility index (Phi) is 18.0. The molecule has 22 heavy (non-hydrogen) atoms. The van der Waals surface area contributed by atoms with E-state index in [9.17, 15) is 4.79 Å². The second-order valence-electron chi connectivity index (χ2n) is 6.74. The van der Waals surface area contributed by atoms with Crippen molar-refractivity contribution in [3.05, 3.63) is 12.2 Å². The van der Waals surface area contributed by atoms with Gasteiger partial charge in [-0.05, 0) is 39.0 Å². The lowest BCUT2D eigenvalue weighted by molar-refractivity contribution is -0.117. The molecule has 0 bridgehead atoms. The van der Waals surface area contributed by atoms with E-state index >= 15 is 0 Å². The average Bonchev–Trinajstić information content (AvgIpc) is 2.50. The van der Waals surface area contributed by atoms with E-state index < -0.39 is 0 Å². The maximum atomic E-state index is 10.8. The molecule has 0 saturated carbocycles. The van der Waals surface area contributed by atoms with Crippen LogP contribution < -0.4 is 0 Å². The summed E-state index contributed by atoms with van der Waals surface area (Å²) in [5.41, 5.74) is 0. The fourth-order valence-electron chi connectivity index (χ4n) is 2.80. The molecule has 0 aliphatic rings. The summed E-state index contributed by atoms with van der Waals surface area (Å²) in [5.74, 6) is 0.343. The summed E-state index contributed by atoms with van der Waals surface area (Å²) in [4.78, 5) is 10.8. The van der Waals surface area contributed by atoms with Crippen LogP contribution >= 0.6 is 0 Å². The Bertz CT molecular complexity index is 255. The van der Waals surface area contributed by atoms with Gasteiger partial charge in [0.15, 0.2) is 0 Å². The highest BCUT2D eigenvalue weighted by Crippen LogP contribution is 2.12. The molecule has 130 valence electrons. The lowest BCUT2D eigenvalue weighted by Gasteiger charge is -2.01. The summed E-state index contributed by atoms with van der Waals surface area (Å²) in [7, 11) is 0. The maximum absolute atomic E-state index is 10.8. The second-order valence-corrected chi connectivity index (χ2v) is 6.74. The van der Waals surface area contributed by atoms with Crippen LogP contribution in [-0.4, -0.2) is 5.78 Å². The molecule has 0 rings (SSSR count). The molecule has 0 N–H and O–H groups in total. The minimum Gasteiger partial charge on any atom is -0.300 e. The minimum atomic E-state index is 0.343. The fourth-order valence-corrected chi connectivity index (χ4v) is 2.80. The van der Waals surface area contributed by atoms with Crippen LogP contribution in [0.25, 0.3) is 0 Å². The Hall–Kier alpha value is -0.590. The highest BCUT2D eigenvalue weighted by Gasteiger charge is 1.95. The molecule has 0 radical (unpaired) electrons. The van der Waals surface area contributed by atoms with Crippen molar-refractivity contribution < 1.29 is 4.79 Å². The van der Waals surface area contributed by atoms with Crippen LogP contribution in [-0.2, 0) is 4.79 Å². The molecule has 0 saturated heterocycles. The summed E-state index contributed by atoms with van der Waals surface area (Å²) in [5, 5.41) is 0. The van der Waals surface area contributed by atoms with E-state index in [2.05, 4.69) is 19.1 Å². The van der Waals surface area contributed by atoms with Gasteiger partial charge >= 0.3 is 0 Å². The van der Waals surface area contributed by atoms with Gasteiger partial charge < -0.3 is 4.79 Å². The van der Waals surface area contributed by atoms with Gasteiger partial charge in [0.2, 0.25) is 0 Å². The van der Waals surface area contributed by atoms with Gasteiger partial charge in [-0.2, -0.15) is 0 Å². The van der Waals surface area contributed by atoms with Crippen molar-refractivity contribution in [1.29, 1.82) is 0 Å². The SMILES string of the molecule is CCCCCC/C=C\CCCCCCCCCCCC(C)=O. The van der Waals surface area contributed by atoms with Crippen LogP contribution in [0.2, 0.25) is 0 Å². The van der Waals surface area contributed by atoms with E-state index in [1.54, 1.807) is 6.92 Å². The summed E-state index contributed by atoms with van der Waals surface area (Å²) < 4.78 is 0. The average molecular weight is 309 g/mol. The van der Waals surface area contributed by atoms with Gasteiger partial charge in [-0.15, -0.1) is 0 Å². The molecule has 0 aromatic heterocycles. The smallest absolute Gasteiger partial charge is 0.129 e. The second kappa shape index (κ2) is 18.5. The van der Waals surface area contributed by atoms with Gasteiger partial charge in [0.1, 0.15) is 5.78 Å². The van der Waals surface area contributed by atoms with Crippen molar-refractivity contribution in [1.82, 2.24) is 0 Å². The van der Waals surface area contributed by atoms with Crippen molar-refractivity contribution >= 4 is 5.78 Å². The summed E-state index contributed by atoms with van der Waals surface area (Å²) in [6, 6.07) is 0. The largest absolute Gasteiger partial charge is 0.300 e. The molecule has 0 spiro atoms. The van der Waals surface area contributed by atoms with Crippen molar-refractivity contribution in [2.75, 3.05) is 0 Å². The molecule has 0 fully saturated rings. The first-order valence-electron chi connectivity index (χ1n) is 9.91. The van der Waals surface area contributed by atoms with Crippen molar-refractivity contribution in [3.8, 4) is 0 Å². The van der Waals surface area contributed by atoms with E-state index in [1.165, 1.54) is 89.9 Å². The standard InChI is InChI=1S/C21H40O/c1-3-4-5-6-7-8-9-10-11-12-13-14-15-16-17-18-19-20-21(2)22/h8-9H,3-7,10-20H2,1-2H3/b9-8-. The molecule has 0 unspecified atom stereocenters. The van der Waals surface area contributed by atoms with E-state index in [1.807, 2.05) is 0 Å². The number of allylic oxidation sites excluding steroid dienone is 2. The Balaban J connectivity index is 3.05. The lowest BCUT2D eigenvalue weighted by atomic mass is 10.0. The molecule has 0 aromatic rings. The highest BCUT2D eigenvalue weighted by atomic mass is 16.1. The molecule has 0 aliphatic carbocycles. The first-order chi connectivity index (χ1) is 10.8. The third-order valence-electron chi connectivity index (χ3n) is 4.29. The van der Waals surface area contributed by atoms with Crippen LogP contribution in [0.15, 0.2) is 12.2 Å². The third kappa shape index (κ3) is 19.4. The number of unbranched alkanes of at least 4 members (excludes halogenated alkanes) is 13. The van der Waals surface area contributed by atoms with Gasteiger partial charge in [-0.25, -0.2) is 0 Å². The van der Waals surface area contributed by atoms with Gasteiger partial charge in [0.25, 0.3) is 0 Å². The number of hydrogen-bond donors (Lipinski definition) is 0. The summed E-state index contributed by atoms with van der Waals surface area (Å²) in [6.45, 7) is 3.96. The highest BCUT2D eigenvalue weighted by molar-refractivity contribution is 5.75. The number of Topliss-reactive ketones (excluding diaryl/α,β-unsaturated/α-hetero) is 1. The molecular weight excluding hydrogens is 268 g/mol. The zero-order chi connectivity index (χ0) is 16.3. The Morgan fingerprint density at radius 3 is 1.50 bits per heavy atom. The molecule has 0 aliphatic heterocycles. The predicted octanol–water partition coefficient (Wildman–Crippen LogP) is 7.39. The minimum absolute atomic E-state index is 0.343. The molecule has 0 aromatic carbocycles. The fraction of sp³-hybridized carbons (Fsp3) is 0.857. The molecular formula is C21H40O. The summed E-state index contributed by atoms with van der Waals surface area (Å²) >= 11 is 0. The van der Waals surface area contributed by atoms with Crippen LogP contribution in [0.3, 0.4) is 0 Å². The number of carbonyl (C=O) groups is 1. The maximum Gasteiger partial charge on any atom is 0.129 e.